The highest BCUT2D eigenvalue weighted by Crippen LogP contribution is 2.28. The highest BCUT2D eigenvalue weighted by molar-refractivity contribution is 5.94. The Morgan fingerprint density at radius 1 is 1.10 bits per heavy atom. The van der Waals surface area contributed by atoms with Crippen LogP contribution in [0.3, 0.4) is 0 Å². The molecule has 0 aliphatic carbocycles. The molecule has 1 N–H and O–H groups in total. The number of pyridine rings is 1. The minimum Gasteiger partial charge on any atom is -0.493 e. The fourth-order valence-corrected chi connectivity index (χ4v) is 3.02. The van der Waals surface area contributed by atoms with Gasteiger partial charge in [-0.15, -0.1) is 0 Å². The molecular formula is C23H28N4O3. The average Bonchev–Trinajstić information content (AvgIpc) is 3.32. The first-order chi connectivity index (χ1) is 14.7. The fourth-order valence-electron chi connectivity index (χ4n) is 3.02. The van der Waals surface area contributed by atoms with Crippen molar-refractivity contribution < 1.29 is 14.3 Å². The van der Waals surface area contributed by atoms with E-state index in [0.717, 1.165) is 18.4 Å². The van der Waals surface area contributed by atoms with Gasteiger partial charge in [0.05, 0.1) is 13.7 Å². The lowest BCUT2D eigenvalue weighted by Gasteiger charge is -2.12. The maximum absolute atomic E-state index is 12.6. The first kappa shape index (κ1) is 21.4. The number of hydrogen-bond acceptors (Lipinski definition) is 5. The number of methoxy groups -OCH3 is 1. The van der Waals surface area contributed by atoms with Gasteiger partial charge in [0.2, 0.25) is 0 Å². The van der Waals surface area contributed by atoms with Crippen molar-refractivity contribution in [2.75, 3.05) is 13.7 Å². The Labute approximate surface area is 177 Å². The van der Waals surface area contributed by atoms with E-state index in [-0.39, 0.29) is 5.91 Å². The molecule has 3 rings (SSSR count). The molecule has 7 heteroatoms. The van der Waals surface area contributed by atoms with Crippen molar-refractivity contribution in [3.63, 3.8) is 0 Å². The zero-order valence-corrected chi connectivity index (χ0v) is 17.5. The van der Waals surface area contributed by atoms with Gasteiger partial charge in [-0.05, 0) is 48.4 Å². The number of hydrogen-bond donors (Lipinski definition) is 1. The third-order valence-corrected chi connectivity index (χ3v) is 4.68. The molecule has 0 saturated heterocycles. The van der Waals surface area contributed by atoms with E-state index >= 15 is 0 Å². The zero-order valence-electron chi connectivity index (χ0n) is 17.5. The Bertz CT molecular complexity index is 941. The second kappa shape index (κ2) is 11.0. The van der Waals surface area contributed by atoms with Crippen LogP contribution in [-0.2, 0) is 6.54 Å². The van der Waals surface area contributed by atoms with Crippen LogP contribution in [0.15, 0.2) is 55.0 Å². The van der Waals surface area contributed by atoms with Gasteiger partial charge in [-0.1, -0.05) is 26.2 Å². The number of carbonyl (C=O) groups excluding carboxylic acids is 1. The molecule has 0 saturated carbocycles. The molecule has 1 aromatic carbocycles. The summed E-state index contributed by atoms with van der Waals surface area (Å²) < 4.78 is 12.9. The van der Waals surface area contributed by atoms with Crippen LogP contribution in [-0.4, -0.2) is 34.4 Å². The molecule has 0 fully saturated rings. The second-order valence-corrected chi connectivity index (χ2v) is 6.93. The molecule has 3 aromatic rings. The van der Waals surface area contributed by atoms with Gasteiger partial charge in [-0.25, -0.2) is 9.67 Å². The Balaban J connectivity index is 1.58. The molecule has 0 radical (unpaired) electrons. The number of unbranched alkanes of at least 4 members (excludes halogenated alkanes) is 3. The number of amides is 1. The summed E-state index contributed by atoms with van der Waals surface area (Å²) in [6.07, 6.45) is 9.78. The van der Waals surface area contributed by atoms with Crippen LogP contribution in [0.2, 0.25) is 0 Å². The number of ether oxygens (including phenoxy) is 2. The van der Waals surface area contributed by atoms with Crippen LogP contribution in [0.5, 0.6) is 11.5 Å². The Morgan fingerprint density at radius 2 is 2.00 bits per heavy atom. The summed E-state index contributed by atoms with van der Waals surface area (Å²) in [5.41, 5.74) is 1.45. The first-order valence-corrected chi connectivity index (χ1v) is 10.2. The van der Waals surface area contributed by atoms with Gasteiger partial charge >= 0.3 is 0 Å². The lowest BCUT2D eigenvalue weighted by Crippen LogP contribution is -2.23. The van der Waals surface area contributed by atoms with Gasteiger partial charge in [0.1, 0.15) is 0 Å². The van der Waals surface area contributed by atoms with E-state index in [1.54, 1.807) is 42.4 Å². The summed E-state index contributed by atoms with van der Waals surface area (Å²) in [6, 6.07) is 10.8. The molecular weight excluding hydrogens is 380 g/mol. The van der Waals surface area contributed by atoms with E-state index in [1.807, 2.05) is 24.4 Å². The lowest BCUT2D eigenvalue weighted by molar-refractivity contribution is 0.0950. The number of carbonyl (C=O) groups is 1. The Hall–Kier alpha value is -3.35. The third kappa shape index (κ3) is 5.83. The largest absolute Gasteiger partial charge is 0.493 e. The van der Waals surface area contributed by atoms with Crippen molar-refractivity contribution in [1.82, 2.24) is 20.1 Å². The van der Waals surface area contributed by atoms with Gasteiger partial charge < -0.3 is 14.8 Å². The van der Waals surface area contributed by atoms with E-state index in [2.05, 4.69) is 22.3 Å². The standard InChI is InChI=1S/C23H28N4O3/c1-3-4-5-6-14-30-20-9-8-19(16-21(20)29-2)23(28)25-17-18-10-12-24-22(15-18)27-13-7-11-26-27/h7-13,15-16H,3-6,14,17H2,1-2H3,(H,25,28). The topological polar surface area (TPSA) is 78.3 Å². The predicted octanol–water partition coefficient (Wildman–Crippen LogP) is 4.17. The molecule has 0 aliphatic heterocycles. The Morgan fingerprint density at radius 3 is 2.77 bits per heavy atom. The normalized spacial score (nSPS) is 10.6. The second-order valence-electron chi connectivity index (χ2n) is 6.93. The first-order valence-electron chi connectivity index (χ1n) is 10.2. The maximum Gasteiger partial charge on any atom is 0.251 e. The fraction of sp³-hybridized carbons (Fsp3) is 0.348. The Kier molecular flexibility index (Phi) is 7.83. The summed E-state index contributed by atoms with van der Waals surface area (Å²) in [7, 11) is 1.58. The van der Waals surface area contributed by atoms with E-state index in [4.69, 9.17) is 9.47 Å². The van der Waals surface area contributed by atoms with Gasteiger partial charge in [0, 0.05) is 30.7 Å². The summed E-state index contributed by atoms with van der Waals surface area (Å²) in [5, 5.41) is 7.11. The number of nitrogens with one attached hydrogen (secondary N) is 1. The molecule has 1 amide bonds. The summed E-state index contributed by atoms with van der Waals surface area (Å²) in [5.74, 6) is 1.74. The molecule has 2 heterocycles. The highest BCUT2D eigenvalue weighted by atomic mass is 16.5. The van der Waals surface area contributed by atoms with Crippen molar-refractivity contribution >= 4 is 5.91 Å². The monoisotopic (exact) mass is 408 g/mol. The lowest BCUT2D eigenvalue weighted by atomic mass is 10.1. The number of aromatic nitrogens is 3. The van der Waals surface area contributed by atoms with Gasteiger partial charge in [0.15, 0.2) is 17.3 Å². The third-order valence-electron chi connectivity index (χ3n) is 4.68. The summed E-state index contributed by atoms with van der Waals surface area (Å²) >= 11 is 0. The zero-order chi connectivity index (χ0) is 21.2. The van der Waals surface area contributed by atoms with E-state index < -0.39 is 0 Å². The van der Waals surface area contributed by atoms with E-state index in [1.165, 1.54) is 12.8 Å². The van der Waals surface area contributed by atoms with Crippen molar-refractivity contribution in [3.8, 4) is 17.3 Å². The molecule has 0 spiro atoms. The van der Waals surface area contributed by atoms with Gasteiger partial charge in [-0.3, -0.25) is 4.79 Å². The molecule has 0 atom stereocenters. The quantitative estimate of drug-likeness (QED) is 0.482. The molecule has 0 unspecified atom stereocenters. The highest BCUT2D eigenvalue weighted by Gasteiger charge is 2.11. The molecule has 158 valence electrons. The maximum atomic E-state index is 12.6. The van der Waals surface area contributed by atoms with Crippen LogP contribution >= 0.6 is 0 Å². The van der Waals surface area contributed by atoms with Crippen molar-refractivity contribution in [2.24, 2.45) is 0 Å². The minimum atomic E-state index is -0.180. The van der Waals surface area contributed by atoms with Crippen molar-refractivity contribution in [1.29, 1.82) is 0 Å². The average molecular weight is 409 g/mol. The van der Waals surface area contributed by atoms with E-state index in [9.17, 15) is 4.79 Å². The number of nitrogens with zero attached hydrogens (tertiary/aromatic N) is 3. The predicted molar refractivity (Wildman–Crippen MR) is 115 cm³/mol. The number of rotatable bonds is 11. The van der Waals surface area contributed by atoms with Crippen molar-refractivity contribution in [3.05, 3.63) is 66.1 Å². The SMILES string of the molecule is CCCCCCOc1ccc(C(=O)NCc2ccnc(-n3cccn3)c2)cc1OC. The molecule has 2 aromatic heterocycles. The minimum absolute atomic E-state index is 0.180. The van der Waals surface area contributed by atoms with Gasteiger partial charge in [0.25, 0.3) is 5.91 Å². The van der Waals surface area contributed by atoms with Crippen LogP contribution in [0.4, 0.5) is 0 Å². The van der Waals surface area contributed by atoms with Crippen LogP contribution < -0.4 is 14.8 Å². The van der Waals surface area contributed by atoms with Crippen LogP contribution in [0, 0.1) is 0 Å². The van der Waals surface area contributed by atoms with Crippen LogP contribution in [0.1, 0.15) is 48.5 Å². The molecule has 30 heavy (non-hydrogen) atoms. The van der Waals surface area contributed by atoms with Gasteiger partial charge in [-0.2, -0.15) is 5.10 Å². The number of benzene rings is 1. The van der Waals surface area contributed by atoms with Crippen LogP contribution in [0.25, 0.3) is 5.82 Å². The summed E-state index contributed by atoms with van der Waals surface area (Å²) in [6.45, 7) is 3.21. The molecule has 0 bridgehead atoms. The van der Waals surface area contributed by atoms with Crippen molar-refractivity contribution in [2.45, 2.75) is 39.2 Å². The molecule has 7 nitrogen and oxygen atoms in total. The summed E-state index contributed by atoms with van der Waals surface area (Å²) in [4.78, 5) is 16.9. The smallest absolute Gasteiger partial charge is 0.251 e. The molecule has 0 aliphatic rings. The van der Waals surface area contributed by atoms with E-state index in [0.29, 0.717) is 36.0 Å².